The largest absolute Gasteiger partial charge is 0.491 e. The molecule has 0 aliphatic rings. The number of nitrogens with one attached hydrogen (secondary N) is 2. The first kappa shape index (κ1) is 19.3. The van der Waals surface area contributed by atoms with Crippen LogP contribution in [0.5, 0.6) is 5.75 Å². The monoisotopic (exact) mass is 373 g/mol. The van der Waals surface area contributed by atoms with Gasteiger partial charge in [0.25, 0.3) is 11.6 Å². The summed E-state index contributed by atoms with van der Waals surface area (Å²) in [4.78, 5) is 22.2. The minimum Gasteiger partial charge on any atom is -0.491 e. The first-order valence-corrected chi connectivity index (χ1v) is 8.43. The van der Waals surface area contributed by atoms with Crippen LogP contribution in [0.4, 0.5) is 11.4 Å². The van der Waals surface area contributed by atoms with E-state index in [2.05, 4.69) is 10.6 Å². The highest BCUT2D eigenvalue weighted by molar-refractivity contribution is 7.80. The van der Waals surface area contributed by atoms with Gasteiger partial charge in [-0.15, -0.1) is 0 Å². The normalized spacial score (nSPS) is 11.3. The van der Waals surface area contributed by atoms with Gasteiger partial charge < -0.3 is 10.1 Å². The van der Waals surface area contributed by atoms with Crippen LogP contribution < -0.4 is 15.4 Å². The van der Waals surface area contributed by atoms with E-state index in [1.165, 1.54) is 24.3 Å². The summed E-state index contributed by atoms with van der Waals surface area (Å²) < 4.78 is 5.69. The summed E-state index contributed by atoms with van der Waals surface area (Å²) in [5.74, 6) is 0.305. The standard InChI is InChI=1S/C18H19N3O4S/c1-3-12(2)25-16-10-6-14(7-11-16)19-18(26)20-17(22)13-4-8-15(9-5-13)21(23)24/h4-12H,3H2,1-2H3,(H2,19,20,22,26). The Bertz CT molecular complexity index is 791. The molecule has 0 bridgehead atoms. The van der Waals surface area contributed by atoms with E-state index in [0.717, 1.165) is 12.2 Å². The number of carbonyl (C=O) groups is 1. The zero-order valence-corrected chi connectivity index (χ0v) is 15.2. The molecule has 8 heteroatoms. The summed E-state index contributed by atoms with van der Waals surface area (Å²) in [6.07, 6.45) is 1.05. The molecule has 0 saturated carbocycles. The van der Waals surface area contributed by atoms with Crippen LogP contribution in [0.1, 0.15) is 30.6 Å². The molecule has 0 aliphatic carbocycles. The maximum Gasteiger partial charge on any atom is 0.269 e. The predicted octanol–water partition coefficient (Wildman–Crippen LogP) is 3.90. The predicted molar refractivity (Wildman–Crippen MR) is 104 cm³/mol. The molecule has 1 amide bonds. The molecule has 0 radical (unpaired) electrons. The van der Waals surface area contributed by atoms with Crippen molar-refractivity contribution >= 4 is 34.6 Å². The van der Waals surface area contributed by atoms with E-state index < -0.39 is 10.8 Å². The van der Waals surface area contributed by atoms with Gasteiger partial charge in [-0.25, -0.2) is 0 Å². The molecule has 26 heavy (non-hydrogen) atoms. The Morgan fingerprint density at radius 3 is 2.35 bits per heavy atom. The number of ether oxygens (including phenoxy) is 1. The first-order chi connectivity index (χ1) is 12.4. The highest BCUT2D eigenvalue weighted by Gasteiger charge is 2.11. The van der Waals surface area contributed by atoms with Gasteiger partial charge in [0.15, 0.2) is 5.11 Å². The van der Waals surface area contributed by atoms with Crippen LogP contribution in [0.2, 0.25) is 0 Å². The molecule has 0 aromatic heterocycles. The average molecular weight is 373 g/mol. The maximum absolute atomic E-state index is 12.1. The number of amides is 1. The number of hydrogen-bond acceptors (Lipinski definition) is 5. The second kappa shape index (κ2) is 8.91. The summed E-state index contributed by atoms with van der Waals surface area (Å²) >= 11 is 5.12. The van der Waals surface area contributed by atoms with Gasteiger partial charge in [-0.2, -0.15) is 0 Å². The van der Waals surface area contributed by atoms with Gasteiger partial charge in [0.05, 0.1) is 11.0 Å². The molecule has 0 fully saturated rings. The summed E-state index contributed by atoms with van der Waals surface area (Å²) in [6, 6.07) is 12.5. The lowest BCUT2D eigenvalue weighted by atomic mass is 10.2. The molecular weight excluding hydrogens is 354 g/mol. The number of carbonyl (C=O) groups excluding carboxylic acids is 1. The number of nitrogens with zero attached hydrogens (tertiary/aromatic N) is 1. The highest BCUT2D eigenvalue weighted by atomic mass is 32.1. The number of non-ortho nitro benzene ring substituents is 1. The number of thiocarbonyl (C=S) groups is 1. The minimum absolute atomic E-state index is 0.0815. The number of nitro benzene ring substituents is 1. The van der Waals surface area contributed by atoms with Crippen LogP contribution >= 0.6 is 12.2 Å². The Morgan fingerprint density at radius 1 is 1.19 bits per heavy atom. The first-order valence-electron chi connectivity index (χ1n) is 8.02. The smallest absolute Gasteiger partial charge is 0.269 e. The van der Waals surface area contributed by atoms with Crippen molar-refractivity contribution in [2.45, 2.75) is 26.4 Å². The van der Waals surface area contributed by atoms with E-state index in [1.807, 2.05) is 26.0 Å². The zero-order valence-electron chi connectivity index (χ0n) is 14.4. The second-order valence-electron chi connectivity index (χ2n) is 5.57. The molecule has 136 valence electrons. The Labute approximate surface area is 156 Å². The second-order valence-corrected chi connectivity index (χ2v) is 5.98. The van der Waals surface area contributed by atoms with Crippen LogP contribution in [0.15, 0.2) is 48.5 Å². The number of nitro groups is 1. The van der Waals surface area contributed by atoms with E-state index in [1.54, 1.807) is 12.1 Å². The van der Waals surface area contributed by atoms with Crippen molar-refractivity contribution in [3.05, 3.63) is 64.2 Å². The molecule has 0 saturated heterocycles. The van der Waals surface area contributed by atoms with Crippen LogP contribution in [-0.4, -0.2) is 22.0 Å². The lowest BCUT2D eigenvalue weighted by molar-refractivity contribution is -0.384. The van der Waals surface area contributed by atoms with Gasteiger partial charge in [0.2, 0.25) is 0 Å². The Kier molecular flexibility index (Phi) is 6.62. The number of hydrogen-bond donors (Lipinski definition) is 2. The van der Waals surface area contributed by atoms with Crippen molar-refractivity contribution in [2.24, 2.45) is 0 Å². The van der Waals surface area contributed by atoms with E-state index in [4.69, 9.17) is 17.0 Å². The Hall–Kier alpha value is -3.00. The third kappa shape index (κ3) is 5.52. The van der Waals surface area contributed by atoms with Crippen molar-refractivity contribution in [2.75, 3.05) is 5.32 Å². The molecular formula is C18H19N3O4S. The van der Waals surface area contributed by atoms with Gasteiger partial charge >= 0.3 is 0 Å². The third-order valence-corrected chi connectivity index (χ3v) is 3.80. The molecule has 2 aromatic rings. The molecule has 1 unspecified atom stereocenters. The molecule has 2 N–H and O–H groups in total. The van der Waals surface area contributed by atoms with E-state index in [-0.39, 0.29) is 22.5 Å². The average Bonchev–Trinajstić information content (AvgIpc) is 2.63. The quantitative estimate of drug-likeness (QED) is 0.453. The number of anilines is 1. The third-order valence-electron chi connectivity index (χ3n) is 3.59. The summed E-state index contributed by atoms with van der Waals surface area (Å²) in [5, 5.41) is 16.2. The van der Waals surface area contributed by atoms with Crippen LogP contribution in [0.3, 0.4) is 0 Å². The summed E-state index contributed by atoms with van der Waals surface area (Å²) in [5.41, 5.74) is 0.898. The maximum atomic E-state index is 12.1. The fourth-order valence-electron chi connectivity index (χ4n) is 2.00. The van der Waals surface area contributed by atoms with Crippen LogP contribution in [0, 0.1) is 10.1 Å². The molecule has 2 rings (SSSR count). The molecule has 0 aliphatic heterocycles. The van der Waals surface area contributed by atoms with Gasteiger partial charge in [-0.1, -0.05) is 6.92 Å². The summed E-state index contributed by atoms with van der Waals surface area (Å²) in [7, 11) is 0. The number of benzene rings is 2. The van der Waals surface area contributed by atoms with E-state index >= 15 is 0 Å². The molecule has 2 aromatic carbocycles. The fraction of sp³-hybridized carbons (Fsp3) is 0.222. The lowest BCUT2D eigenvalue weighted by Crippen LogP contribution is -2.34. The van der Waals surface area contributed by atoms with Gasteiger partial charge in [0, 0.05) is 23.4 Å². The lowest BCUT2D eigenvalue weighted by Gasteiger charge is -2.13. The van der Waals surface area contributed by atoms with Gasteiger partial charge in [-0.05, 0) is 62.0 Å². The van der Waals surface area contributed by atoms with Crippen molar-refractivity contribution in [1.82, 2.24) is 5.32 Å². The Morgan fingerprint density at radius 2 is 1.81 bits per heavy atom. The van der Waals surface area contributed by atoms with Crippen LogP contribution in [0.25, 0.3) is 0 Å². The Balaban J connectivity index is 1.91. The van der Waals surface area contributed by atoms with Crippen molar-refractivity contribution in [3.8, 4) is 5.75 Å². The number of rotatable bonds is 6. The minimum atomic E-state index is -0.525. The van der Waals surface area contributed by atoms with E-state index in [9.17, 15) is 14.9 Å². The highest BCUT2D eigenvalue weighted by Crippen LogP contribution is 2.17. The molecule has 7 nitrogen and oxygen atoms in total. The van der Waals surface area contributed by atoms with Crippen molar-refractivity contribution in [1.29, 1.82) is 0 Å². The van der Waals surface area contributed by atoms with E-state index in [0.29, 0.717) is 5.69 Å². The summed E-state index contributed by atoms with van der Waals surface area (Å²) in [6.45, 7) is 4.04. The molecule has 1 atom stereocenters. The van der Waals surface area contributed by atoms with Crippen molar-refractivity contribution < 1.29 is 14.5 Å². The van der Waals surface area contributed by atoms with Gasteiger partial charge in [-0.3, -0.25) is 20.2 Å². The van der Waals surface area contributed by atoms with Gasteiger partial charge in [0.1, 0.15) is 5.75 Å². The zero-order chi connectivity index (χ0) is 19.1. The van der Waals surface area contributed by atoms with Crippen molar-refractivity contribution in [3.63, 3.8) is 0 Å². The molecule has 0 spiro atoms. The molecule has 0 heterocycles. The topological polar surface area (TPSA) is 93.5 Å². The SMILES string of the molecule is CCC(C)Oc1ccc(NC(=S)NC(=O)c2ccc([N+](=O)[O-])cc2)cc1. The fourth-order valence-corrected chi connectivity index (χ4v) is 2.22. The van der Waals surface area contributed by atoms with Crippen LogP contribution in [-0.2, 0) is 0 Å².